The van der Waals surface area contributed by atoms with Gasteiger partial charge in [-0.05, 0) is 165 Å². The van der Waals surface area contributed by atoms with Crippen LogP contribution in [0.25, 0.3) is 0 Å². The molecule has 0 amide bonds. The van der Waals surface area contributed by atoms with Gasteiger partial charge >= 0.3 is 60.9 Å². The molecule has 16 nitrogen and oxygen atoms in total. The molecule has 0 heterocycles. The molecule has 9 aromatic rings. The zero-order chi connectivity index (χ0) is 86.1. The Hall–Kier alpha value is -12.5. The molecule has 2 N–H and O–H groups in total. The maximum Gasteiger partial charge on any atom is 0.416 e. The highest BCUT2D eigenvalue weighted by Gasteiger charge is 2.58. The van der Waals surface area contributed by atoms with E-state index in [-0.39, 0.29) is 96.7 Å². The maximum absolute atomic E-state index is 15.5. The Balaban J connectivity index is 0.917. The topological polar surface area (TPSA) is 209 Å². The minimum Gasteiger partial charge on any atom is -0.485 e. The van der Waals surface area contributed by atoms with Crippen LogP contribution >= 0.6 is 0 Å². The van der Waals surface area contributed by atoms with Gasteiger partial charge in [-0.3, -0.25) is 9.59 Å². The van der Waals surface area contributed by atoms with Crippen LogP contribution in [0.3, 0.4) is 0 Å². The molecule has 0 aromatic heterocycles. The molecule has 0 aliphatic heterocycles. The van der Waals surface area contributed by atoms with E-state index in [0.717, 1.165) is 165 Å². The Morgan fingerprint density at radius 1 is 0.378 bits per heavy atom. The highest BCUT2D eigenvalue weighted by atomic mass is 19.4. The second kappa shape index (κ2) is 36.2. The number of aliphatic hydroxyl groups excluding tert-OH is 1. The SMILES string of the molecule is COC(=O)[C@@H](Cc1ccc(OCc2ccc(C(F)(F)F)cc2)c(OCc2ccc(C(F)(F)F)cc2)c1)OC(=O)/C=C/C1=CC2C(=O)[C@@H](O)C1C(C(=O)O[C@H](Cc1ccc(OCc3ccc(C(F)(F)F)cc3)c(OCc3ccc(C(F)(F)F)cc3)c1)C(=O)O)C2c1ccc(OCc2ccc(C(F)(F)F)cc2)c(OCc2ccc(C(F)(F)F)cc2)c1. The van der Waals surface area contributed by atoms with Crippen molar-refractivity contribution in [2.45, 2.75) is 114 Å². The third kappa shape index (κ3) is 22.6. The molecule has 1 fully saturated rings. The number of aliphatic hydroxyl groups is 1. The molecule has 7 atom stereocenters. The van der Waals surface area contributed by atoms with E-state index in [2.05, 4.69) is 0 Å². The molecule has 4 unspecified atom stereocenters. The minimum atomic E-state index is -4.76. The molecule has 119 heavy (non-hydrogen) atoms. The Morgan fingerprint density at radius 3 is 0.983 bits per heavy atom. The summed E-state index contributed by atoms with van der Waals surface area (Å²) in [6.45, 7) is -2.57. The second-order valence-corrected chi connectivity index (χ2v) is 27.2. The summed E-state index contributed by atoms with van der Waals surface area (Å²) in [5, 5.41) is 23.0. The van der Waals surface area contributed by atoms with Crippen LogP contribution in [0.15, 0.2) is 224 Å². The van der Waals surface area contributed by atoms with E-state index in [1.54, 1.807) is 0 Å². The number of carbonyl (C=O) groups excluding carboxylic acids is 4. The molecular weight excluding hydrogens is 1620 g/mol. The number of carboxylic acids is 1. The Morgan fingerprint density at radius 2 is 0.672 bits per heavy atom. The van der Waals surface area contributed by atoms with Gasteiger partial charge in [0.25, 0.3) is 0 Å². The standard InChI is InChI=1S/C85H64F18O16/c1-111-78(109)70(37-53-15-31-64(113-41-47-4-20-57(21-5-47)81(89,90)91)67(35-53)116-44-50-10-26-60(27-11-50)84(98,99)100)118-71(104)33-17-54-38-62-72(55-16-32-65(114-42-48-6-22-58(23-7-48)82(92,93)94)68(39-55)117-45-51-12-28-61(29-13-51)85(101,102)103)74(73(54)76(106)75(62)105)79(110)119-69(77(107)108)36-52-14-30-63(112-40-46-2-18-56(19-3-46)80(86,87)88)66(34-52)115-43-49-8-24-59(25-9-49)83(95,96)97/h2-35,38-39,62,69-70,72-74,76,106H,36-37,40-45H2,1H3,(H,107,108)/b33-17+/t62?,69-,70-,72?,73?,74?,76+/m1/s1. The number of aliphatic carboxylic acids is 1. The molecule has 3 aliphatic carbocycles. The number of halogens is 18. The third-order valence-electron chi connectivity index (χ3n) is 19.1. The lowest BCUT2D eigenvalue weighted by Gasteiger charge is -2.47. The van der Waals surface area contributed by atoms with Crippen LogP contribution in [0.4, 0.5) is 79.0 Å². The van der Waals surface area contributed by atoms with Crippen molar-refractivity contribution < 1.29 is 156 Å². The number of carbonyl (C=O) groups is 5. The number of esters is 3. The van der Waals surface area contributed by atoms with Crippen molar-refractivity contribution in [3.05, 3.63) is 307 Å². The molecule has 0 spiro atoms. The van der Waals surface area contributed by atoms with Crippen molar-refractivity contribution >= 4 is 29.7 Å². The number of benzene rings is 9. The molecule has 1 saturated carbocycles. The number of fused-ring (bicyclic) bond motifs is 2. The first-order chi connectivity index (χ1) is 56.1. The van der Waals surface area contributed by atoms with E-state index >= 15 is 4.79 Å². The number of carboxylic acid groups (broad SMARTS) is 1. The minimum absolute atomic E-state index is 0.00763. The molecule has 12 rings (SSSR count). The van der Waals surface area contributed by atoms with Crippen molar-refractivity contribution in [3.63, 3.8) is 0 Å². The molecule has 2 bridgehead atoms. The van der Waals surface area contributed by atoms with Gasteiger partial charge in [-0.1, -0.05) is 103 Å². The molecule has 3 aliphatic rings. The highest BCUT2D eigenvalue weighted by Crippen LogP contribution is 2.54. The number of alkyl halides is 18. The summed E-state index contributed by atoms with van der Waals surface area (Å²) in [6, 6.07) is 34.3. The van der Waals surface area contributed by atoms with Crippen LogP contribution < -0.4 is 28.4 Å². The van der Waals surface area contributed by atoms with E-state index in [0.29, 0.717) is 0 Å². The van der Waals surface area contributed by atoms with E-state index in [4.69, 9.17) is 42.6 Å². The number of hydrogen-bond acceptors (Lipinski definition) is 15. The van der Waals surface area contributed by atoms with Crippen LogP contribution in [0.2, 0.25) is 0 Å². The van der Waals surface area contributed by atoms with Gasteiger partial charge < -0.3 is 52.8 Å². The van der Waals surface area contributed by atoms with Crippen LogP contribution in [-0.2, 0) is 128 Å². The molecule has 0 radical (unpaired) electrons. The first-order valence-electron chi connectivity index (χ1n) is 35.5. The number of hydrogen-bond donors (Lipinski definition) is 2. The number of methoxy groups -OCH3 is 1. The molecule has 9 aromatic carbocycles. The summed E-state index contributed by atoms with van der Waals surface area (Å²) in [5.74, 6) is -14.6. The zero-order valence-corrected chi connectivity index (χ0v) is 61.4. The first-order valence-corrected chi connectivity index (χ1v) is 35.5. The first kappa shape index (κ1) is 87.3. The van der Waals surface area contributed by atoms with Crippen molar-refractivity contribution in [2.75, 3.05) is 7.11 Å². The maximum atomic E-state index is 15.5. The van der Waals surface area contributed by atoms with Gasteiger partial charge in [0.1, 0.15) is 45.7 Å². The van der Waals surface area contributed by atoms with Crippen molar-refractivity contribution in [2.24, 2.45) is 17.8 Å². The fourth-order valence-electron chi connectivity index (χ4n) is 12.9. The van der Waals surface area contributed by atoms with Crippen molar-refractivity contribution in [1.82, 2.24) is 0 Å². The van der Waals surface area contributed by atoms with Crippen LogP contribution in [0.5, 0.6) is 34.5 Å². The average Bonchev–Trinajstić information content (AvgIpc) is 0.720. The zero-order valence-electron chi connectivity index (χ0n) is 61.4. The molecular formula is C85H64F18O16. The third-order valence-corrected chi connectivity index (χ3v) is 19.1. The largest absolute Gasteiger partial charge is 0.485 e. The number of Topliss-reactive ketones (excluding diaryl/α,β-unsaturated/α-hetero) is 1. The van der Waals surface area contributed by atoms with Gasteiger partial charge in [-0.2, -0.15) is 79.0 Å². The fourth-order valence-corrected chi connectivity index (χ4v) is 12.9. The molecule has 34 heteroatoms. The smallest absolute Gasteiger partial charge is 0.416 e. The van der Waals surface area contributed by atoms with E-state index in [9.17, 15) is 108 Å². The van der Waals surface area contributed by atoms with Crippen molar-refractivity contribution in [1.29, 1.82) is 0 Å². The van der Waals surface area contributed by atoms with Gasteiger partial charge in [-0.15, -0.1) is 0 Å². The normalized spacial score (nSPS) is 16.9. The van der Waals surface area contributed by atoms with Crippen LogP contribution in [0, 0.1) is 17.8 Å². The van der Waals surface area contributed by atoms with Gasteiger partial charge in [-0.25, -0.2) is 14.4 Å². The Bertz CT molecular complexity index is 5160. The van der Waals surface area contributed by atoms with E-state index in [1.165, 1.54) is 60.7 Å². The number of ether oxygens (including phenoxy) is 9. The Labute approximate surface area is 663 Å². The summed E-state index contributed by atoms with van der Waals surface area (Å²) >= 11 is 0. The summed E-state index contributed by atoms with van der Waals surface area (Å²) in [6.07, 6.45) is -32.8. The number of allylic oxidation sites excluding steroid dienone is 2. The summed E-state index contributed by atoms with van der Waals surface area (Å²) in [5.41, 5.74) is -4.83. The van der Waals surface area contributed by atoms with Gasteiger partial charge in [0.05, 0.1) is 46.4 Å². The predicted molar refractivity (Wildman–Crippen MR) is 382 cm³/mol. The lowest BCUT2D eigenvalue weighted by Crippen LogP contribution is -2.55. The fraction of sp³-hybridized carbons (Fsp3) is 0.259. The van der Waals surface area contributed by atoms with E-state index < -0.39 is 188 Å². The monoisotopic (exact) mass is 1680 g/mol. The van der Waals surface area contributed by atoms with Crippen LogP contribution in [-0.4, -0.2) is 65.3 Å². The number of rotatable bonds is 30. The summed E-state index contributed by atoms with van der Waals surface area (Å²) < 4.78 is 296. The quantitative estimate of drug-likeness (QED) is 0.0186. The van der Waals surface area contributed by atoms with Crippen LogP contribution in [0.1, 0.15) is 89.4 Å². The van der Waals surface area contributed by atoms with Crippen molar-refractivity contribution in [3.8, 4) is 34.5 Å². The van der Waals surface area contributed by atoms with Gasteiger partial charge in [0, 0.05) is 36.7 Å². The lowest BCUT2D eigenvalue weighted by atomic mass is 9.55. The number of ketones is 1. The molecule has 626 valence electrons. The summed E-state index contributed by atoms with van der Waals surface area (Å²) in [7, 11) is 0.937. The van der Waals surface area contributed by atoms with Gasteiger partial charge in [0.15, 0.2) is 40.3 Å². The lowest BCUT2D eigenvalue weighted by molar-refractivity contribution is -0.173. The highest BCUT2D eigenvalue weighted by molar-refractivity contribution is 5.95. The average molecular weight is 1680 g/mol. The second-order valence-electron chi connectivity index (χ2n) is 27.2. The summed E-state index contributed by atoms with van der Waals surface area (Å²) in [4.78, 5) is 71.2. The van der Waals surface area contributed by atoms with E-state index in [1.807, 2.05) is 0 Å². The molecule has 0 saturated heterocycles. The Kier molecular flexibility index (Phi) is 26.5. The van der Waals surface area contributed by atoms with Gasteiger partial charge in [0.2, 0.25) is 12.2 Å². The predicted octanol–water partition coefficient (Wildman–Crippen LogP) is 19.2.